The molecule has 0 aliphatic carbocycles. The highest BCUT2D eigenvalue weighted by Gasteiger charge is 2.12. The molecule has 160 valence electrons. The second kappa shape index (κ2) is 10.5. The Morgan fingerprint density at radius 3 is 2.28 bits per heavy atom. The Morgan fingerprint density at radius 2 is 1.50 bits per heavy atom. The summed E-state index contributed by atoms with van der Waals surface area (Å²) in [7, 11) is 0. The third-order valence-corrected chi connectivity index (χ3v) is 4.40. The quantitative estimate of drug-likeness (QED) is 0.344. The van der Waals surface area contributed by atoms with E-state index in [4.69, 9.17) is 4.74 Å². The molecule has 2 heterocycles. The Bertz CT molecular complexity index is 1140. The summed E-state index contributed by atoms with van der Waals surface area (Å²) in [6, 6.07) is 25.7. The fourth-order valence-electron chi connectivity index (χ4n) is 2.88. The lowest BCUT2D eigenvalue weighted by atomic mass is 10.2. The summed E-state index contributed by atoms with van der Waals surface area (Å²) >= 11 is 0. The molecule has 0 fully saturated rings. The van der Waals surface area contributed by atoms with Crippen LogP contribution < -0.4 is 20.7 Å². The maximum Gasteiger partial charge on any atom is 0.255 e. The molecule has 4 rings (SSSR count). The van der Waals surface area contributed by atoms with Crippen LogP contribution in [-0.4, -0.2) is 34.2 Å². The molecule has 0 spiro atoms. The van der Waals surface area contributed by atoms with E-state index in [9.17, 15) is 4.79 Å². The van der Waals surface area contributed by atoms with Gasteiger partial charge in [-0.3, -0.25) is 4.79 Å². The number of carbonyl (C=O) groups excluding carboxylic acids is 1. The van der Waals surface area contributed by atoms with Gasteiger partial charge in [0.15, 0.2) is 5.82 Å². The first-order valence-electron chi connectivity index (χ1n) is 10.1. The number of nitrogens with one attached hydrogen (secondary N) is 3. The molecule has 0 atom stereocenters. The molecule has 0 saturated heterocycles. The number of hydrogen-bond donors (Lipinski definition) is 3. The van der Waals surface area contributed by atoms with Gasteiger partial charge < -0.3 is 20.7 Å². The lowest BCUT2D eigenvalue weighted by Gasteiger charge is -2.12. The molecule has 3 N–H and O–H groups in total. The molecule has 1 amide bonds. The van der Waals surface area contributed by atoms with Crippen molar-refractivity contribution in [3.05, 3.63) is 96.7 Å². The van der Waals surface area contributed by atoms with Crippen molar-refractivity contribution < 1.29 is 9.53 Å². The van der Waals surface area contributed by atoms with E-state index in [0.29, 0.717) is 47.6 Å². The Balaban J connectivity index is 1.26. The van der Waals surface area contributed by atoms with Crippen molar-refractivity contribution in [1.82, 2.24) is 20.5 Å². The average Bonchev–Trinajstić information content (AvgIpc) is 2.84. The van der Waals surface area contributed by atoms with E-state index < -0.39 is 0 Å². The molecule has 2 aromatic heterocycles. The van der Waals surface area contributed by atoms with Crippen molar-refractivity contribution >= 4 is 23.4 Å². The molecule has 0 aliphatic heterocycles. The first-order valence-corrected chi connectivity index (χ1v) is 10.1. The number of para-hydroxylation sites is 2. The summed E-state index contributed by atoms with van der Waals surface area (Å²) in [6.45, 7) is 0.906. The first-order chi connectivity index (χ1) is 15.8. The van der Waals surface area contributed by atoms with E-state index in [-0.39, 0.29) is 5.91 Å². The van der Waals surface area contributed by atoms with Crippen LogP contribution in [0.15, 0.2) is 91.1 Å². The van der Waals surface area contributed by atoms with Crippen molar-refractivity contribution in [3.63, 3.8) is 0 Å². The number of rotatable bonds is 9. The largest absolute Gasteiger partial charge is 0.457 e. The van der Waals surface area contributed by atoms with Crippen molar-refractivity contribution in [2.75, 3.05) is 23.7 Å². The molecule has 0 bridgehead atoms. The third-order valence-electron chi connectivity index (χ3n) is 4.40. The third kappa shape index (κ3) is 5.79. The molecule has 0 radical (unpaired) electrons. The van der Waals surface area contributed by atoms with E-state index in [1.807, 2.05) is 60.7 Å². The summed E-state index contributed by atoms with van der Waals surface area (Å²) in [6.07, 6.45) is 1.70. The zero-order valence-corrected chi connectivity index (χ0v) is 17.2. The van der Waals surface area contributed by atoms with Gasteiger partial charge in [0.2, 0.25) is 0 Å². The molecule has 0 saturated carbocycles. The maximum atomic E-state index is 12.6. The average molecular weight is 426 g/mol. The molecule has 8 heteroatoms. The minimum Gasteiger partial charge on any atom is -0.457 e. The van der Waals surface area contributed by atoms with Gasteiger partial charge >= 0.3 is 0 Å². The molecule has 8 nitrogen and oxygen atoms in total. The normalized spacial score (nSPS) is 10.2. The summed E-state index contributed by atoms with van der Waals surface area (Å²) in [5.74, 6) is 2.87. The number of aromatic nitrogens is 3. The van der Waals surface area contributed by atoms with Gasteiger partial charge in [-0.05, 0) is 48.5 Å². The van der Waals surface area contributed by atoms with E-state index in [1.165, 1.54) is 0 Å². The standard InChI is InChI=1S/C24H22N6O2/c31-24(19-10-4-5-11-20(19)32-18-8-2-1-3-9-18)27-17-16-26-22-13-14-23(30-29-22)28-21-12-6-7-15-25-21/h1-15H,16-17H2,(H,26,29)(H,27,31)(H,25,28,30). The van der Waals surface area contributed by atoms with Crippen LogP contribution in [0, 0.1) is 0 Å². The minimum atomic E-state index is -0.209. The number of ether oxygens (including phenoxy) is 1. The molecule has 32 heavy (non-hydrogen) atoms. The van der Waals surface area contributed by atoms with Crippen molar-refractivity contribution in [1.29, 1.82) is 0 Å². The number of hydrogen-bond acceptors (Lipinski definition) is 7. The highest BCUT2D eigenvalue weighted by Crippen LogP contribution is 2.24. The molecular weight excluding hydrogens is 404 g/mol. The minimum absolute atomic E-state index is 0.209. The fraction of sp³-hybridized carbons (Fsp3) is 0.0833. The molecule has 2 aromatic carbocycles. The summed E-state index contributed by atoms with van der Waals surface area (Å²) in [5.41, 5.74) is 0.473. The van der Waals surface area contributed by atoms with Gasteiger partial charge in [-0.1, -0.05) is 36.4 Å². The van der Waals surface area contributed by atoms with Crippen LogP contribution in [0.25, 0.3) is 0 Å². The molecule has 0 aliphatic rings. The fourth-order valence-corrected chi connectivity index (χ4v) is 2.88. The number of anilines is 3. The number of benzene rings is 2. The van der Waals surface area contributed by atoms with E-state index in [2.05, 4.69) is 31.1 Å². The number of pyridine rings is 1. The summed E-state index contributed by atoms with van der Waals surface area (Å²) in [5, 5.41) is 17.3. The molecule has 0 unspecified atom stereocenters. The van der Waals surface area contributed by atoms with Gasteiger partial charge in [0.1, 0.15) is 23.1 Å². The Morgan fingerprint density at radius 1 is 0.750 bits per heavy atom. The van der Waals surface area contributed by atoms with Gasteiger partial charge in [0.05, 0.1) is 5.56 Å². The zero-order chi connectivity index (χ0) is 22.0. The number of amides is 1. The van der Waals surface area contributed by atoms with Gasteiger partial charge in [-0.2, -0.15) is 0 Å². The van der Waals surface area contributed by atoms with Crippen LogP contribution in [0.3, 0.4) is 0 Å². The Labute approximate surface area is 185 Å². The predicted octanol–water partition coefficient (Wildman–Crippen LogP) is 4.25. The topological polar surface area (TPSA) is 101 Å². The van der Waals surface area contributed by atoms with Crippen LogP contribution in [0.5, 0.6) is 11.5 Å². The van der Waals surface area contributed by atoms with Gasteiger partial charge in [-0.15, -0.1) is 10.2 Å². The van der Waals surface area contributed by atoms with Crippen LogP contribution in [0.4, 0.5) is 17.5 Å². The lowest BCUT2D eigenvalue weighted by Crippen LogP contribution is -2.29. The highest BCUT2D eigenvalue weighted by molar-refractivity contribution is 5.97. The summed E-state index contributed by atoms with van der Waals surface area (Å²) in [4.78, 5) is 16.8. The van der Waals surface area contributed by atoms with Crippen LogP contribution in [-0.2, 0) is 0 Å². The van der Waals surface area contributed by atoms with Crippen molar-refractivity contribution in [2.24, 2.45) is 0 Å². The van der Waals surface area contributed by atoms with Crippen molar-refractivity contribution in [2.45, 2.75) is 0 Å². The molecule has 4 aromatic rings. The first kappa shape index (κ1) is 20.8. The van der Waals surface area contributed by atoms with Crippen LogP contribution in [0.1, 0.15) is 10.4 Å². The summed E-state index contributed by atoms with van der Waals surface area (Å²) < 4.78 is 5.85. The highest BCUT2D eigenvalue weighted by atomic mass is 16.5. The van der Waals surface area contributed by atoms with E-state index in [0.717, 1.165) is 0 Å². The monoisotopic (exact) mass is 426 g/mol. The van der Waals surface area contributed by atoms with Crippen molar-refractivity contribution in [3.8, 4) is 11.5 Å². The second-order valence-corrected chi connectivity index (χ2v) is 6.74. The van der Waals surface area contributed by atoms with Gasteiger partial charge in [0, 0.05) is 19.3 Å². The van der Waals surface area contributed by atoms with Crippen LogP contribution in [0.2, 0.25) is 0 Å². The van der Waals surface area contributed by atoms with Gasteiger partial charge in [0.25, 0.3) is 5.91 Å². The zero-order valence-electron chi connectivity index (χ0n) is 17.2. The second-order valence-electron chi connectivity index (χ2n) is 6.74. The van der Waals surface area contributed by atoms with E-state index in [1.54, 1.807) is 30.5 Å². The smallest absolute Gasteiger partial charge is 0.255 e. The Hall–Kier alpha value is -4.46. The maximum absolute atomic E-state index is 12.6. The molecular formula is C24H22N6O2. The number of carbonyl (C=O) groups is 1. The Kier molecular flexibility index (Phi) is 6.85. The van der Waals surface area contributed by atoms with Crippen LogP contribution >= 0.6 is 0 Å². The lowest BCUT2D eigenvalue weighted by molar-refractivity contribution is 0.0953. The predicted molar refractivity (Wildman–Crippen MR) is 123 cm³/mol. The van der Waals surface area contributed by atoms with Gasteiger partial charge in [-0.25, -0.2) is 4.98 Å². The SMILES string of the molecule is O=C(NCCNc1ccc(Nc2ccccn2)nn1)c1ccccc1Oc1ccccc1. The number of nitrogens with zero attached hydrogens (tertiary/aromatic N) is 3. The van der Waals surface area contributed by atoms with E-state index >= 15 is 0 Å².